The predicted molar refractivity (Wildman–Crippen MR) is 86.1 cm³/mol. The Bertz CT molecular complexity index is 665. The van der Waals surface area contributed by atoms with E-state index in [1.807, 2.05) is 0 Å². The third-order valence-electron chi connectivity index (χ3n) is 3.36. The van der Waals surface area contributed by atoms with Gasteiger partial charge in [0.05, 0.1) is 0 Å². The lowest BCUT2D eigenvalue weighted by Gasteiger charge is -2.24. The molecule has 3 N–H and O–H groups in total. The van der Waals surface area contributed by atoms with E-state index in [0.29, 0.717) is 19.5 Å². The summed E-state index contributed by atoms with van der Waals surface area (Å²) in [6.45, 7) is 1.15. The maximum absolute atomic E-state index is 12.5. The van der Waals surface area contributed by atoms with Gasteiger partial charge in [0, 0.05) is 43.8 Å². The second-order valence-electron chi connectivity index (χ2n) is 5.02. The van der Waals surface area contributed by atoms with Crippen LogP contribution in [-0.2, 0) is 14.8 Å². The number of hydrogen-bond donors (Lipinski definition) is 3. The summed E-state index contributed by atoms with van der Waals surface area (Å²) in [6, 6.07) is 1.31. The van der Waals surface area contributed by atoms with Gasteiger partial charge in [-0.15, -0.1) is 0 Å². The Morgan fingerprint density at radius 3 is 2.70 bits per heavy atom. The SMILES string of the molecule is O=C(O)CCCNC(=O)c1cc(S(=O)(=O)N2CCSCC2)c[nH]1. The van der Waals surface area contributed by atoms with E-state index in [1.165, 1.54) is 16.6 Å². The molecule has 1 aromatic rings. The van der Waals surface area contributed by atoms with E-state index in [9.17, 15) is 18.0 Å². The largest absolute Gasteiger partial charge is 0.481 e. The maximum Gasteiger partial charge on any atom is 0.303 e. The summed E-state index contributed by atoms with van der Waals surface area (Å²) >= 11 is 1.71. The highest BCUT2D eigenvalue weighted by Gasteiger charge is 2.27. The number of nitrogens with one attached hydrogen (secondary N) is 2. The molecule has 23 heavy (non-hydrogen) atoms. The molecule has 2 rings (SSSR count). The maximum atomic E-state index is 12.5. The van der Waals surface area contributed by atoms with Gasteiger partial charge in [0.15, 0.2) is 0 Å². The van der Waals surface area contributed by atoms with Crippen molar-refractivity contribution in [3.63, 3.8) is 0 Å². The highest BCUT2D eigenvalue weighted by Crippen LogP contribution is 2.20. The minimum atomic E-state index is -3.58. The zero-order valence-electron chi connectivity index (χ0n) is 12.4. The molecule has 0 aromatic carbocycles. The summed E-state index contributed by atoms with van der Waals surface area (Å²) in [6.07, 6.45) is 1.60. The van der Waals surface area contributed by atoms with Gasteiger partial charge < -0.3 is 15.4 Å². The van der Waals surface area contributed by atoms with Gasteiger partial charge in [0.2, 0.25) is 10.0 Å². The van der Waals surface area contributed by atoms with Crippen molar-refractivity contribution in [2.45, 2.75) is 17.7 Å². The van der Waals surface area contributed by atoms with Crippen LogP contribution < -0.4 is 5.32 Å². The van der Waals surface area contributed by atoms with Crippen LogP contribution in [0.25, 0.3) is 0 Å². The van der Waals surface area contributed by atoms with Gasteiger partial charge in [-0.2, -0.15) is 16.1 Å². The number of aromatic amines is 1. The van der Waals surface area contributed by atoms with Crippen molar-refractivity contribution in [3.05, 3.63) is 18.0 Å². The third kappa shape index (κ3) is 4.72. The van der Waals surface area contributed by atoms with Crippen molar-refractivity contribution in [2.24, 2.45) is 0 Å². The number of hydrogen-bond acceptors (Lipinski definition) is 5. The number of carbonyl (C=O) groups is 2. The Kier molecular flexibility index (Phi) is 6.08. The van der Waals surface area contributed by atoms with Crippen LogP contribution in [0.15, 0.2) is 17.2 Å². The molecule has 1 fully saturated rings. The molecular weight excluding hydrogens is 342 g/mol. The average molecular weight is 361 g/mol. The number of nitrogens with zero attached hydrogens (tertiary/aromatic N) is 1. The van der Waals surface area contributed by atoms with Gasteiger partial charge in [-0.05, 0) is 12.5 Å². The van der Waals surface area contributed by atoms with Crippen LogP contribution in [0.1, 0.15) is 23.3 Å². The summed E-state index contributed by atoms with van der Waals surface area (Å²) in [5, 5.41) is 11.1. The van der Waals surface area contributed by atoms with Crippen molar-refractivity contribution < 1.29 is 23.1 Å². The number of thioether (sulfide) groups is 1. The highest BCUT2D eigenvalue weighted by molar-refractivity contribution is 7.99. The van der Waals surface area contributed by atoms with Crippen molar-refractivity contribution in [1.82, 2.24) is 14.6 Å². The van der Waals surface area contributed by atoms with Crippen LogP contribution in [-0.4, -0.2) is 65.8 Å². The molecule has 1 aliphatic rings. The van der Waals surface area contributed by atoms with E-state index in [4.69, 9.17) is 5.11 Å². The number of rotatable bonds is 7. The molecule has 0 bridgehead atoms. The summed E-state index contributed by atoms with van der Waals surface area (Å²) in [4.78, 5) is 25.0. The first-order valence-corrected chi connectivity index (χ1v) is 9.77. The molecule has 0 saturated carbocycles. The molecule has 0 atom stereocenters. The number of sulfonamides is 1. The average Bonchev–Trinajstić information content (AvgIpc) is 3.03. The van der Waals surface area contributed by atoms with Gasteiger partial charge in [-0.3, -0.25) is 9.59 Å². The first kappa shape index (κ1) is 17.8. The zero-order chi connectivity index (χ0) is 16.9. The number of H-pyrrole nitrogens is 1. The van der Waals surface area contributed by atoms with Crippen LogP contribution in [0.4, 0.5) is 0 Å². The van der Waals surface area contributed by atoms with E-state index in [1.54, 1.807) is 11.8 Å². The Labute approximate surface area is 138 Å². The number of carboxylic acids is 1. The Morgan fingerprint density at radius 2 is 2.04 bits per heavy atom. The third-order valence-corrected chi connectivity index (χ3v) is 6.18. The lowest BCUT2D eigenvalue weighted by atomic mass is 10.3. The van der Waals surface area contributed by atoms with E-state index in [2.05, 4.69) is 10.3 Å². The van der Waals surface area contributed by atoms with Crippen molar-refractivity contribution in [1.29, 1.82) is 0 Å². The number of aliphatic carboxylic acids is 1. The fraction of sp³-hybridized carbons (Fsp3) is 0.538. The molecule has 0 unspecified atom stereocenters. The van der Waals surface area contributed by atoms with E-state index in [-0.39, 0.29) is 23.6 Å². The van der Waals surface area contributed by atoms with E-state index in [0.717, 1.165) is 11.5 Å². The minimum absolute atomic E-state index is 0.0302. The van der Waals surface area contributed by atoms with Crippen LogP contribution in [0.5, 0.6) is 0 Å². The summed E-state index contributed by atoms with van der Waals surface area (Å²) < 4.78 is 26.3. The predicted octanol–water partition coefficient (Wildman–Crippen LogP) is 0.347. The number of aromatic nitrogens is 1. The highest BCUT2D eigenvalue weighted by atomic mass is 32.2. The van der Waals surface area contributed by atoms with Crippen LogP contribution in [0.3, 0.4) is 0 Å². The Morgan fingerprint density at radius 1 is 1.35 bits per heavy atom. The lowest BCUT2D eigenvalue weighted by molar-refractivity contribution is -0.137. The smallest absolute Gasteiger partial charge is 0.303 e. The Balaban J connectivity index is 1.96. The number of amides is 1. The van der Waals surface area contributed by atoms with Gasteiger partial charge in [-0.25, -0.2) is 8.42 Å². The molecule has 2 heterocycles. The summed E-state index contributed by atoms with van der Waals surface area (Å²) in [7, 11) is -3.58. The monoisotopic (exact) mass is 361 g/mol. The molecule has 1 aliphatic heterocycles. The first-order chi connectivity index (χ1) is 10.9. The quantitative estimate of drug-likeness (QED) is 0.603. The van der Waals surface area contributed by atoms with Gasteiger partial charge in [0.1, 0.15) is 10.6 Å². The molecule has 8 nitrogen and oxygen atoms in total. The molecule has 1 amide bonds. The standard InChI is InChI=1S/C13H19N3O5S2/c17-12(18)2-1-3-14-13(19)11-8-10(9-15-11)23(20,21)16-4-6-22-7-5-16/h8-9,15H,1-7H2,(H,14,19)(H,17,18). The fourth-order valence-electron chi connectivity index (χ4n) is 2.13. The molecule has 128 valence electrons. The van der Waals surface area contributed by atoms with Crippen LogP contribution in [0.2, 0.25) is 0 Å². The fourth-order valence-corrected chi connectivity index (χ4v) is 4.70. The molecule has 1 aromatic heterocycles. The second-order valence-corrected chi connectivity index (χ2v) is 8.18. The molecule has 10 heteroatoms. The molecular formula is C13H19N3O5S2. The summed E-state index contributed by atoms with van der Waals surface area (Å²) in [5.74, 6) is 0.152. The molecule has 0 spiro atoms. The number of carboxylic acid groups (broad SMARTS) is 1. The number of carbonyl (C=O) groups excluding carboxylic acids is 1. The van der Waals surface area contributed by atoms with E-state index < -0.39 is 21.9 Å². The lowest BCUT2D eigenvalue weighted by Crippen LogP contribution is -2.37. The molecule has 0 radical (unpaired) electrons. The second kappa shape index (κ2) is 7.84. The van der Waals surface area contributed by atoms with Crippen molar-refractivity contribution in [2.75, 3.05) is 31.1 Å². The van der Waals surface area contributed by atoms with Crippen molar-refractivity contribution in [3.8, 4) is 0 Å². The Hall–Kier alpha value is -1.52. The van der Waals surface area contributed by atoms with Crippen LogP contribution in [0, 0.1) is 0 Å². The van der Waals surface area contributed by atoms with E-state index >= 15 is 0 Å². The zero-order valence-corrected chi connectivity index (χ0v) is 14.1. The molecule has 0 aliphatic carbocycles. The topological polar surface area (TPSA) is 120 Å². The normalized spacial score (nSPS) is 16.2. The van der Waals surface area contributed by atoms with Gasteiger partial charge in [-0.1, -0.05) is 0 Å². The van der Waals surface area contributed by atoms with Gasteiger partial charge >= 0.3 is 5.97 Å². The van der Waals surface area contributed by atoms with Gasteiger partial charge in [0.25, 0.3) is 5.91 Å². The first-order valence-electron chi connectivity index (χ1n) is 7.17. The molecule has 1 saturated heterocycles. The van der Waals surface area contributed by atoms with Crippen LogP contribution >= 0.6 is 11.8 Å². The summed E-state index contributed by atoms with van der Waals surface area (Å²) in [5.41, 5.74) is 0.144. The van der Waals surface area contributed by atoms with Crippen molar-refractivity contribution >= 4 is 33.7 Å². The minimum Gasteiger partial charge on any atom is -0.481 e.